The van der Waals surface area contributed by atoms with Crippen LogP contribution in [0.2, 0.25) is 0 Å². The Hall–Kier alpha value is -2.05. The molecule has 0 aliphatic heterocycles. The first kappa shape index (κ1) is 15.0. The number of aliphatic carboxylic acids is 1. The molecule has 0 aromatic carbocycles. The zero-order chi connectivity index (χ0) is 14.1. The fraction of sp³-hybridized carbons (Fsp3) is 0.583. The van der Waals surface area contributed by atoms with Gasteiger partial charge in [-0.3, -0.25) is 9.48 Å². The Bertz CT molecular complexity index is 392. The van der Waals surface area contributed by atoms with Crippen molar-refractivity contribution in [1.29, 1.82) is 0 Å². The number of aryl methyl sites for hydroxylation is 1. The minimum absolute atomic E-state index is 0.0563. The number of hydrogen-bond donors (Lipinski definition) is 3. The first-order valence-electron chi connectivity index (χ1n) is 6.31. The molecule has 0 saturated heterocycles. The van der Waals surface area contributed by atoms with E-state index in [0.29, 0.717) is 13.0 Å². The van der Waals surface area contributed by atoms with Crippen molar-refractivity contribution in [2.24, 2.45) is 0 Å². The molecule has 1 atom stereocenters. The van der Waals surface area contributed by atoms with Crippen LogP contribution in [0.4, 0.5) is 4.79 Å². The van der Waals surface area contributed by atoms with Crippen molar-refractivity contribution in [2.75, 3.05) is 6.54 Å². The molecule has 1 heterocycles. The van der Waals surface area contributed by atoms with Gasteiger partial charge in [0.05, 0.1) is 0 Å². The molecular weight excluding hydrogens is 248 g/mol. The van der Waals surface area contributed by atoms with Gasteiger partial charge in [-0.1, -0.05) is 0 Å². The third kappa shape index (κ3) is 7.07. The topological polar surface area (TPSA) is 96.3 Å². The maximum absolute atomic E-state index is 11.5. The molecule has 106 valence electrons. The van der Waals surface area contributed by atoms with Crippen LogP contribution in [0.1, 0.15) is 26.2 Å². The second-order valence-corrected chi connectivity index (χ2v) is 4.36. The smallest absolute Gasteiger partial charge is 0.314 e. The summed E-state index contributed by atoms with van der Waals surface area (Å²) in [6, 6.07) is 1.44. The molecule has 0 fully saturated rings. The Labute approximate surface area is 112 Å². The number of rotatable bonds is 8. The van der Waals surface area contributed by atoms with Crippen molar-refractivity contribution in [1.82, 2.24) is 20.4 Å². The fourth-order valence-corrected chi connectivity index (χ4v) is 1.56. The van der Waals surface area contributed by atoms with Gasteiger partial charge >= 0.3 is 12.0 Å². The molecule has 1 aromatic rings. The summed E-state index contributed by atoms with van der Waals surface area (Å²) in [7, 11) is 0. The third-order valence-electron chi connectivity index (χ3n) is 2.58. The van der Waals surface area contributed by atoms with Crippen LogP contribution >= 0.6 is 0 Å². The molecule has 3 N–H and O–H groups in total. The van der Waals surface area contributed by atoms with Crippen molar-refractivity contribution >= 4 is 12.0 Å². The number of carbonyl (C=O) groups excluding carboxylic acids is 1. The quantitative estimate of drug-likeness (QED) is 0.608. The Kier molecular flexibility index (Phi) is 6.42. The minimum atomic E-state index is -0.853. The molecule has 7 heteroatoms. The molecular formula is C12H20N4O3. The minimum Gasteiger partial charge on any atom is -0.481 e. The number of urea groups is 1. The predicted octanol–water partition coefficient (Wildman–Crippen LogP) is 0.826. The Morgan fingerprint density at radius 2 is 2.26 bits per heavy atom. The SMILES string of the molecule is CC(CCC(=O)O)NC(=O)NCCCn1cccn1. The van der Waals surface area contributed by atoms with Crippen LogP contribution in [0.15, 0.2) is 18.5 Å². The van der Waals surface area contributed by atoms with E-state index in [1.165, 1.54) is 0 Å². The lowest BCUT2D eigenvalue weighted by Crippen LogP contribution is -2.41. The largest absolute Gasteiger partial charge is 0.481 e. The second kappa shape index (κ2) is 8.12. The summed E-state index contributed by atoms with van der Waals surface area (Å²) >= 11 is 0. The summed E-state index contributed by atoms with van der Waals surface area (Å²) in [5.41, 5.74) is 0. The molecule has 0 aliphatic rings. The number of nitrogens with one attached hydrogen (secondary N) is 2. The zero-order valence-corrected chi connectivity index (χ0v) is 11.0. The zero-order valence-electron chi connectivity index (χ0n) is 11.0. The van der Waals surface area contributed by atoms with E-state index < -0.39 is 5.97 Å². The van der Waals surface area contributed by atoms with Gasteiger partial charge in [0, 0.05) is 37.9 Å². The molecule has 0 saturated carbocycles. The van der Waals surface area contributed by atoms with Gasteiger partial charge in [-0.15, -0.1) is 0 Å². The average Bonchev–Trinajstić information content (AvgIpc) is 2.85. The molecule has 7 nitrogen and oxygen atoms in total. The predicted molar refractivity (Wildman–Crippen MR) is 69.7 cm³/mol. The van der Waals surface area contributed by atoms with Crippen molar-refractivity contribution in [3.8, 4) is 0 Å². The van der Waals surface area contributed by atoms with Gasteiger partial charge in [0.1, 0.15) is 0 Å². The van der Waals surface area contributed by atoms with Gasteiger partial charge in [-0.05, 0) is 25.8 Å². The molecule has 2 amide bonds. The average molecular weight is 268 g/mol. The van der Waals surface area contributed by atoms with Crippen LogP contribution in [-0.4, -0.2) is 39.5 Å². The van der Waals surface area contributed by atoms with E-state index in [9.17, 15) is 9.59 Å². The van der Waals surface area contributed by atoms with E-state index in [1.807, 2.05) is 12.3 Å². The van der Waals surface area contributed by atoms with Crippen LogP contribution in [0.25, 0.3) is 0 Å². The number of carboxylic acids is 1. The van der Waals surface area contributed by atoms with Crippen LogP contribution in [0.3, 0.4) is 0 Å². The number of hydrogen-bond acceptors (Lipinski definition) is 3. The van der Waals surface area contributed by atoms with Crippen molar-refractivity contribution in [2.45, 2.75) is 38.8 Å². The fourth-order valence-electron chi connectivity index (χ4n) is 1.56. The Morgan fingerprint density at radius 1 is 1.47 bits per heavy atom. The summed E-state index contributed by atoms with van der Waals surface area (Å²) in [5, 5.41) is 18.0. The standard InChI is InChI=1S/C12H20N4O3/c1-10(4-5-11(17)18)15-12(19)13-6-2-8-16-9-3-7-14-16/h3,7,9-10H,2,4-6,8H2,1H3,(H,17,18)(H2,13,15,19). The second-order valence-electron chi connectivity index (χ2n) is 4.36. The summed E-state index contributed by atoms with van der Waals surface area (Å²) in [6.07, 6.45) is 4.85. The molecule has 0 aliphatic carbocycles. The number of carbonyl (C=O) groups is 2. The van der Waals surface area contributed by atoms with E-state index in [4.69, 9.17) is 5.11 Å². The molecule has 0 radical (unpaired) electrons. The summed E-state index contributed by atoms with van der Waals surface area (Å²) in [4.78, 5) is 21.8. The monoisotopic (exact) mass is 268 g/mol. The van der Waals surface area contributed by atoms with Crippen LogP contribution in [0.5, 0.6) is 0 Å². The van der Waals surface area contributed by atoms with E-state index >= 15 is 0 Å². The van der Waals surface area contributed by atoms with Crippen LogP contribution < -0.4 is 10.6 Å². The highest BCUT2D eigenvalue weighted by molar-refractivity contribution is 5.74. The number of aromatic nitrogens is 2. The van der Waals surface area contributed by atoms with E-state index in [1.54, 1.807) is 17.8 Å². The van der Waals surface area contributed by atoms with E-state index in [-0.39, 0.29) is 18.5 Å². The molecule has 1 aromatic heterocycles. The Morgan fingerprint density at radius 3 is 2.89 bits per heavy atom. The van der Waals surface area contributed by atoms with Gasteiger partial charge in [0.15, 0.2) is 0 Å². The van der Waals surface area contributed by atoms with Crippen LogP contribution in [0, 0.1) is 0 Å². The lowest BCUT2D eigenvalue weighted by Gasteiger charge is -2.13. The lowest BCUT2D eigenvalue weighted by molar-refractivity contribution is -0.137. The molecule has 0 bridgehead atoms. The maximum atomic E-state index is 11.5. The van der Waals surface area contributed by atoms with Gasteiger partial charge in [0.25, 0.3) is 0 Å². The highest BCUT2D eigenvalue weighted by atomic mass is 16.4. The first-order chi connectivity index (χ1) is 9.08. The molecule has 1 unspecified atom stereocenters. The van der Waals surface area contributed by atoms with E-state index in [2.05, 4.69) is 15.7 Å². The molecule has 0 spiro atoms. The van der Waals surface area contributed by atoms with Gasteiger partial charge in [0.2, 0.25) is 0 Å². The summed E-state index contributed by atoms with van der Waals surface area (Å²) in [6.45, 7) is 3.09. The normalized spacial score (nSPS) is 11.8. The van der Waals surface area contributed by atoms with Gasteiger partial charge in [-0.25, -0.2) is 4.79 Å². The summed E-state index contributed by atoms with van der Waals surface area (Å²) < 4.78 is 1.80. The van der Waals surface area contributed by atoms with Crippen molar-refractivity contribution in [3.05, 3.63) is 18.5 Å². The highest BCUT2D eigenvalue weighted by Gasteiger charge is 2.08. The highest BCUT2D eigenvalue weighted by Crippen LogP contribution is 1.96. The van der Waals surface area contributed by atoms with Crippen molar-refractivity contribution < 1.29 is 14.7 Å². The summed E-state index contributed by atoms with van der Waals surface area (Å²) in [5.74, 6) is -0.853. The van der Waals surface area contributed by atoms with E-state index in [0.717, 1.165) is 13.0 Å². The third-order valence-corrected chi connectivity index (χ3v) is 2.58. The molecule has 1 rings (SSSR count). The van der Waals surface area contributed by atoms with Crippen LogP contribution in [-0.2, 0) is 11.3 Å². The first-order valence-corrected chi connectivity index (χ1v) is 6.31. The van der Waals surface area contributed by atoms with Gasteiger partial charge < -0.3 is 15.7 Å². The number of carboxylic acid groups (broad SMARTS) is 1. The van der Waals surface area contributed by atoms with Gasteiger partial charge in [-0.2, -0.15) is 5.10 Å². The maximum Gasteiger partial charge on any atom is 0.314 e. The molecule has 19 heavy (non-hydrogen) atoms. The lowest BCUT2D eigenvalue weighted by atomic mass is 10.2. The number of nitrogens with zero attached hydrogens (tertiary/aromatic N) is 2. The number of amides is 2. The van der Waals surface area contributed by atoms with Crippen molar-refractivity contribution in [3.63, 3.8) is 0 Å². The Balaban J connectivity index is 2.05.